The second kappa shape index (κ2) is 8.08. The maximum absolute atomic E-state index is 4.76. The SMILES string of the molecule is CC(C)c1ccc(/C=N/N2CCN(C3c4ccccc4-c4ccccc43)CC2)cc1. The average Bonchev–Trinajstić information content (AvgIpc) is 3.13. The largest absolute Gasteiger partial charge is 0.294 e. The van der Waals surface area contributed by atoms with Crippen molar-refractivity contribution in [1.82, 2.24) is 9.91 Å². The van der Waals surface area contributed by atoms with Crippen molar-refractivity contribution >= 4 is 6.21 Å². The molecule has 3 heteroatoms. The lowest BCUT2D eigenvalue weighted by molar-refractivity contribution is 0.114. The first-order valence-corrected chi connectivity index (χ1v) is 11.0. The van der Waals surface area contributed by atoms with Gasteiger partial charge in [0.25, 0.3) is 0 Å². The van der Waals surface area contributed by atoms with Crippen LogP contribution < -0.4 is 0 Å². The summed E-state index contributed by atoms with van der Waals surface area (Å²) in [7, 11) is 0. The number of fused-ring (bicyclic) bond motifs is 3. The molecule has 0 amide bonds. The quantitative estimate of drug-likeness (QED) is 0.541. The third-order valence-electron chi connectivity index (χ3n) is 6.43. The van der Waals surface area contributed by atoms with Crippen LogP contribution in [-0.4, -0.2) is 42.3 Å². The summed E-state index contributed by atoms with van der Waals surface area (Å²) in [5.74, 6) is 0.565. The predicted octanol–water partition coefficient (Wildman–Crippen LogP) is 5.53. The van der Waals surface area contributed by atoms with Crippen LogP contribution in [0, 0.1) is 0 Å². The lowest BCUT2D eigenvalue weighted by atomic mass is 10.0. The molecule has 1 heterocycles. The van der Waals surface area contributed by atoms with Crippen LogP contribution in [0.5, 0.6) is 0 Å². The summed E-state index contributed by atoms with van der Waals surface area (Å²) in [6, 6.07) is 26.9. The second-order valence-corrected chi connectivity index (χ2v) is 8.63. The molecule has 0 atom stereocenters. The highest BCUT2D eigenvalue weighted by molar-refractivity contribution is 5.79. The van der Waals surface area contributed by atoms with Gasteiger partial charge in [-0.15, -0.1) is 0 Å². The fourth-order valence-electron chi connectivity index (χ4n) is 4.72. The molecule has 1 saturated heterocycles. The molecule has 0 spiro atoms. The van der Waals surface area contributed by atoms with Crippen molar-refractivity contribution in [2.45, 2.75) is 25.8 Å². The van der Waals surface area contributed by atoms with Crippen LogP contribution in [-0.2, 0) is 0 Å². The molecular weight excluding hydrogens is 366 g/mol. The van der Waals surface area contributed by atoms with Crippen molar-refractivity contribution in [2.75, 3.05) is 26.2 Å². The fraction of sp³-hybridized carbons (Fsp3) is 0.296. The molecular formula is C27H29N3. The minimum Gasteiger partial charge on any atom is -0.294 e. The molecule has 152 valence electrons. The number of hydrogen-bond donors (Lipinski definition) is 0. The Morgan fingerprint density at radius 1 is 0.767 bits per heavy atom. The Morgan fingerprint density at radius 2 is 1.33 bits per heavy atom. The van der Waals surface area contributed by atoms with Crippen LogP contribution in [0.3, 0.4) is 0 Å². The maximum atomic E-state index is 4.76. The molecule has 1 aliphatic heterocycles. The molecule has 0 saturated carbocycles. The van der Waals surface area contributed by atoms with E-state index in [2.05, 4.69) is 96.6 Å². The molecule has 0 N–H and O–H groups in total. The zero-order chi connectivity index (χ0) is 20.5. The summed E-state index contributed by atoms with van der Waals surface area (Å²) in [4.78, 5) is 2.62. The van der Waals surface area contributed by atoms with E-state index in [9.17, 15) is 0 Å². The normalized spacial score (nSPS) is 17.0. The molecule has 3 aromatic rings. The molecule has 3 aromatic carbocycles. The van der Waals surface area contributed by atoms with E-state index in [4.69, 9.17) is 5.10 Å². The molecule has 2 aliphatic rings. The first-order chi connectivity index (χ1) is 14.7. The summed E-state index contributed by atoms with van der Waals surface area (Å²) in [5, 5.41) is 6.97. The second-order valence-electron chi connectivity index (χ2n) is 8.63. The average molecular weight is 396 g/mol. The number of hydrazone groups is 1. The number of rotatable bonds is 4. The van der Waals surface area contributed by atoms with Crippen molar-refractivity contribution in [2.24, 2.45) is 5.10 Å². The van der Waals surface area contributed by atoms with Gasteiger partial charge in [-0.25, -0.2) is 0 Å². The van der Waals surface area contributed by atoms with Crippen LogP contribution in [0.15, 0.2) is 77.9 Å². The zero-order valence-electron chi connectivity index (χ0n) is 17.8. The third kappa shape index (κ3) is 3.54. The minimum absolute atomic E-state index is 0.368. The summed E-state index contributed by atoms with van der Waals surface area (Å²) >= 11 is 0. The topological polar surface area (TPSA) is 18.8 Å². The summed E-state index contributed by atoms with van der Waals surface area (Å²) in [6.07, 6.45) is 2.00. The first kappa shape index (κ1) is 19.1. The van der Waals surface area contributed by atoms with Gasteiger partial charge in [-0.1, -0.05) is 86.6 Å². The van der Waals surface area contributed by atoms with Gasteiger partial charge in [-0.3, -0.25) is 9.91 Å². The standard InChI is InChI=1S/C27H29N3/c1-20(2)22-13-11-21(12-14-22)19-28-30-17-15-29(16-18-30)27-25-9-5-3-7-23(25)24-8-4-6-10-26(24)27/h3-14,19-20,27H,15-18H2,1-2H3/b28-19+. The van der Waals surface area contributed by atoms with Crippen molar-refractivity contribution < 1.29 is 0 Å². The number of nitrogens with zero attached hydrogens (tertiary/aromatic N) is 3. The lowest BCUT2D eigenvalue weighted by Crippen LogP contribution is -2.45. The Morgan fingerprint density at radius 3 is 1.90 bits per heavy atom. The van der Waals surface area contributed by atoms with Gasteiger partial charge in [0, 0.05) is 26.2 Å². The van der Waals surface area contributed by atoms with E-state index < -0.39 is 0 Å². The van der Waals surface area contributed by atoms with E-state index in [1.54, 1.807) is 0 Å². The van der Waals surface area contributed by atoms with Crippen LogP contribution in [0.1, 0.15) is 48.1 Å². The van der Waals surface area contributed by atoms with E-state index in [1.807, 2.05) is 6.21 Å². The Hall–Kier alpha value is -2.91. The lowest BCUT2D eigenvalue weighted by Gasteiger charge is -2.37. The van der Waals surface area contributed by atoms with Gasteiger partial charge in [0.05, 0.1) is 12.3 Å². The highest BCUT2D eigenvalue weighted by Crippen LogP contribution is 2.46. The highest BCUT2D eigenvalue weighted by Gasteiger charge is 2.33. The molecule has 0 bridgehead atoms. The van der Waals surface area contributed by atoms with Gasteiger partial charge < -0.3 is 0 Å². The van der Waals surface area contributed by atoms with Gasteiger partial charge in [0.15, 0.2) is 0 Å². The smallest absolute Gasteiger partial charge is 0.0615 e. The van der Waals surface area contributed by atoms with Crippen LogP contribution in [0.2, 0.25) is 0 Å². The van der Waals surface area contributed by atoms with E-state index >= 15 is 0 Å². The van der Waals surface area contributed by atoms with Gasteiger partial charge in [-0.05, 0) is 39.3 Å². The van der Waals surface area contributed by atoms with E-state index in [1.165, 1.54) is 33.4 Å². The molecule has 0 aromatic heterocycles. The van der Waals surface area contributed by atoms with Gasteiger partial charge in [0.2, 0.25) is 0 Å². The van der Waals surface area contributed by atoms with E-state index in [0.717, 1.165) is 26.2 Å². The molecule has 1 fully saturated rings. The monoisotopic (exact) mass is 395 g/mol. The number of piperazine rings is 1. The molecule has 30 heavy (non-hydrogen) atoms. The van der Waals surface area contributed by atoms with E-state index in [-0.39, 0.29) is 0 Å². The Kier molecular flexibility index (Phi) is 5.14. The first-order valence-electron chi connectivity index (χ1n) is 11.0. The maximum Gasteiger partial charge on any atom is 0.0615 e. The molecule has 3 nitrogen and oxygen atoms in total. The van der Waals surface area contributed by atoms with Crippen molar-refractivity contribution in [3.8, 4) is 11.1 Å². The fourth-order valence-corrected chi connectivity index (χ4v) is 4.72. The number of hydrogen-bond acceptors (Lipinski definition) is 3. The molecule has 0 radical (unpaired) electrons. The molecule has 1 aliphatic carbocycles. The van der Waals surface area contributed by atoms with Gasteiger partial charge >= 0.3 is 0 Å². The van der Waals surface area contributed by atoms with Crippen LogP contribution in [0.25, 0.3) is 11.1 Å². The Labute approximate surface area is 179 Å². The predicted molar refractivity (Wildman–Crippen MR) is 125 cm³/mol. The Balaban J connectivity index is 1.27. The highest BCUT2D eigenvalue weighted by atomic mass is 15.5. The molecule has 0 unspecified atom stereocenters. The summed E-state index contributed by atoms with van der Waals surface area (Å²) < 4.78 is 0. The third-order valence-corrected chi connectivity index (χ3v) is 6.43. The van der Waals surface area contributed by atoms with Gasteiger partial charge in [0.1, 0.15) is 0 Å². The van der Waals surface area contributed by atoms with Crippen LogP contribution in [0.4, 0.5) is 0 Å². The zero-order valence-corrected chi connectivity index (χ0v) is 17.8. The van der Waals surface area contributed by atoms with E-state index in [0.29, 0.717) is 12.0 Å². The van der Waals surface area contributed by atoms with Crippen molar-refractivity contribution in [1.29, 1.82) is 0 Å². The van der Waals surface area contributed by atoms with Gasteiger partial charge in [-0.2, -0.15) is 5.10 Å². The summed E-state index contributed by atoms with van der Waals surface area (Å²) in [6.45, 7) is 8.42. The van der Waals surface area contributed by atoms with Crippen LogP contribution >= 0.6 is 0 Å². The summed E-state index contributed by atoms with van der Waals surface area (Å²) in [5.41, 5.74) is 8.21. The van der Waals surface area contributed by atoms with Crippen molar-refractivity contribution in [3.05, 3.63) is 95.1 Å². The number of benzene rings is 3. The minimum atomic E-state index is 0.368. The molecule has 5 rings (SSSR count). The Bertz CT molecular complexity index is 998. The van der Waals surface area contributed by atoms with Crippen molar-refractivity contribution in [3.63, 3.8) is 0 Å².